The topological polar surface area (TPSA) is 45.5 Å². The van der Waals surface area contributed by atoms with E-state index < -0.39 is 6.55 Å². The largest absolute Gasteiger partial charge is 0.343 e. The summed E-state index contributed by atoms with van der Waals surface area (Å²) in [7, 11) is 0. The summed E-state index contributed by atoms with van der Waals surface area (Å²) in [6.07, 6.45) is 6.09. The Kier molecular flexibility index (Phi) is 5.40. The zero-order valence-electron chi connectivity index (χ0n) is 13.4. The highest BCUT2D eigenvalue weighted by Crippen LogP contribution is 2.15. The Bertz CT molecular complexity index is 663. The molecule has 0 atom stereocenters. The zero-order valence-corrected chi connectivity index (χ0v) is 13.4. The van der Waals surface area contributed by atoms with Crippen molar-refractivity contribution in [2.24, 2.45) is 4.99 Å². The molecular formula is C17H21F2N5. The number of hydrogen-bond acceptors (Lipinski definition) is 2. The van der Waals surface area contributed by atoms with Crippen molar-refractivity contribution >= 4 is 11.6 Å². The van der Waals surface area contributed by atoms with Crippen LogP contribution in [0.4, 0.5) is 14.5 Å². The van der Waals surface area contributed by atoms with Gasteiger partial charge in [-0.25, -0.2) is 9.98 Å². The number of para-hydroxylation sites is 1. The number of aromatic nitrogens is 2. The first-order valence-corrected chi connectivity index (χ1v) is 8.15. The molecule has 7 heteroatoms. The molecule has 0 bridgehead atoms. The number of likely N-dealkylation sites (tertiary alicyclic amines) is 1. The SMILES string of the molecule is FC(F)n1ccnc1CN=C(Nc1ccccc1)N1CCCCC1. The summed E-state index contributed by atoms with van der Waals surface area (Å²) in [5.74, 6) is 0.971. The standard InChI is InChI=1S/C17H21F2N5/c18-16(19)24-12-9-20-15(24)13-21-17(23-10-5-2-6-11-23)22-14-7-3-1-4-8-14/h1,3-4,7-9,12,16H,2,5-6,10-11,13H2,(H,21,22). The van der Waals surface area contributed by atoms with Crippen LogP contribution in [0.2, 0.25) is 0 Å². The van der Waals surface area contributed by atoms with E-state index in [1.807, 2.05) is 30.3 Å². The lowest BCUT2D eigenvalue weighted by Crippen LogP contribution is -2.40. The minimum atomic E-state index is -2.60. The third-order valence-electron chi connectivity index (χ3n) is 4.01. The fourth-order valence-electron chi connectivity index (χ4n) is 2.76. The second kappa shape index (κ2) is 7.90. The number of alkyl halides is 2. The van der Waals surface area contributed by atoms with Gasteiger partial charge in [-0.2, -0.15) is 8.78 Å². The lowest BCUT2D eigenvalue weighted by molar-refractivity contribution is 0.0671. The van der Waals surface area contributed by atoms with Gasteiger partial charge in [0, 0.05) is 31.2 Å². The van der Waals surface area contributed by atoms with Gasteiger partial charge < -0.3 is 10.2 Å². The smallest absolute Gasteiger partial charge is 0.319 e. The summed E-state index contributed by atoms with van der Waals surface area (Å²) < 4.78 is 26.7. The zero-order chi connectivity index (χ0) is 16.8. The van der Waals surface area contributed by atoms with Crippen molar-refractivity contribution in [2.75, 3.05) is 18.4 Å². The number of imidazole rings is 1. The van der Waals surface area contributed by atoms with Gasteiger partial charge >= 0.3 is 6.55 Å². The summed E-state index contributed by atoms with van der Waals surface area (Å²) in [4.78, 5) is 10.7. The molecule has 24 heavy (non-hydrogen) atoms. The van der Waals surface area contributed by atoms with E-state index in [0.717, 1.165) is 36.2 Å². The molecule has 1 fully saturated rings. The minimum Gasteiger partial charge on any atom is -0.343 e. The van der Waals surface area contributed by atoms with Gasteiger partial charge in [-0.05, 0) is 31.4 Å². The maximum absolute atomic E-state index is 12.9. The monoisotopic (exact) mass is 333 g/mol. The molecule has 1 N–H and O–H groups in total. The van der Waals surface area contributed by atoms with E-state index in [4.69, 9.17) is 0 Å². The van der Waals surface area contributed by atoms with E-state index in [2.05, 4.69) is 20.2 Å². The van der Waals surface area contributed by atoms with Crippen LogP contribution < -0.4 is 5.32 Å². The van der Waals surface area contributed by atoms with Crippen LogP contribution in [-0.2, 0) is 6.54 Å². The Labute approximate surface area is 140 Å². The normalized spacial score (nSPS) is 15.8. The molecule has 2 aromatic rings. The summed E-state index contributed by atoms with van der Waals surface area (Å²) in [5, 5.41) is 3.31. The first-order chi connectivity index (χ1) is 11.7. The second-order valence-electron chi connectivity index (χ2n) is 5.71. The first kappa shape index (κ1) is 16.4. The third kappa shape index (κ3) is 4.10. The highest BCUT2D eigenvalue weighted by atomic mass is 19.3. The summed E-state index contributed by atoms with van der Waals surface area (Å²) in [5.41, 5.74) is 0.930. The highest BCUT2D eigenvalue weighted by Gasteiger charge is 2.16. The number of rotatable bonds is 4. The molecule has 0 unspecified atom stereocenters. The van der Waals surface area contributed by atoms with Crippen LogP contribution in [0.5, 0.6) is 0 Å². The van der Waals surface area contributed by atoms with E-state index in [9.17, 15) is 8.78 Å². The molecule has 128 valence electrons. The fourth-order valence-corrected chi connectivity index (χ4v) is 2.76. The van der Waals surface area contributed by atoms with Gasteiger partial charge in [0.2, 0.25) is 0 Å². The summed E-state index contributed by atoms with van der Waals surface area (Å²) >= 11 is 0. The average molecular weight is 333 g/mol. The molecule has 1 aromatic heterocycles. The van der Waals surface area contributed by atoms with Gasteiger partial charge in [-0.15, -0.1) is 0 Å². The van der Waals surface area contributed by atoms with E-state index in [1.165, 1.54) is 18.8 Å². The van der Waals surface area contributed by atoms with E-state index in [1.54, 1.807) is 0 Å². The van der Waals surface area contributed by atoms with Crippen molar-refractivity contribution in [1.29, 1.82) is 0 Å². The molecular weight excluding hydrogens is 312 g/mol. The number of aliphatic imine (C=N–C) groups is 1. The molecule has 1 aliphatic rings. The number of benzene rings is 1. The van der Waals surface area contributed by atoms with Crippen molar-refractivity contribution < 1.29 is 8.78 Å². The lowest BCUT2D eigenvalue weighted by atomic mass is 10.1. The average Bonchev–Trinajstić information content (AvgIpc) is 3.09. The molecule has 1 aliphatic heterocycles. The lowest BCUT2D eigenvalue weighted by Gasteiger charge is -2.30. The predicted octanol–water partition coefficient (Wildman–Crippen LogP) is 3.73. The maximum atomic E-state index is 12.9. The Balaban J connectivity index is 1.78. The quantitative estimate of drug-likeness (QED) is 0.685. The number of nitrogens with zero attached hydrogens (tertiary/aromatic N) is 4. The predicted molar refractivity (Wildman–Crippen MR) is 90.1 cm³/mol. The molecule has 5 nitrogen and oxygen atoms in total. The number of anilines is 1. The van der Waals surface area contributed by atoms with Gasteiger partial charge in [0.15, 0.2) is 5.96 Å². The molecule has 1 saturated heterocycles. The van der Waals surface area contributed by atoms with Gasteiger partial charge in [0.25, 0.3) is 0 Å². The van der Waals surface area contributed by atoms with Crippen molar-refractivity contribution in [3.05, 3.63) is 48.5 Å². The highest BCUT2D eigenvalue weighted by molar-refractivity contribution is 5.93. The minimum absolute atomic E-state index is 0.114. The Morgan fingerprint density at radius 1 is 1.17 bits per heavy atom. The molecule has 0 spiro atoms. The molecule has 3 rings (SSSR count). The number of guanidine groups is 1. The van der Waals surface area contributed by atoms with Crippen LogP contribution >= 0.6 is 0 Å². The van der Waals surface area contributed by atoms with Crippen molar-refractivity contribution in [1.82, 2.24) is 14.5 Å². The molecule has 0 aliphatic carbocycles. The van der Waals surface area contributed by atoms with E-state index >= 15 is 0 Å². The van der Waals surface area contributed by atoms with Crippen LogP contribution in [0, 0.1) is 0 Å². The van der Waals surface area contributed by atoms with Crippen LogP contribution in [0.1, 0.15) is 31.6 Å². The number of nitrogens with one attached hydrogen (secondary N) is 1. The second-order valence-corrected chi connectivity index (χ2v) is 5.71. The summed E-state index contributed by atoms with van der Waals surface area (Å²) in [6, 6.07) is 9.75. The first-order valence-electron chi connectivity index (χ1n) is 8.15. The number of halogens is 2. The van der Waals surface area contributed by atoms with Crippen LogP contribution in [0.3, 0.4) is 0 Å². The van der Waals surface area contributed by atoms with Crippen LogP contribution in [0.15, 0.2) is 47.7 Å². The third-order valence-corrected chi connectivity index (χ3v) is 4.01. The summed E-state index contributed by atoms with van der Waals surface area (Å²) in [6.45, 7) is -0.648. The van der Waals surface area contributed by atoms with E-state index in [0.29, 0.717) is 5.96 Å². The van der Waals surface area contributed by atoms with Gasteiger partial charge in [-0.3, -0.25) is 4.57 Å². The molecule has 0 amide bonds. The number of piperidine rings is 1. The molecule has 0 saturated carbocycles. The van der Waals surface area contributed by atoms with Gasteiger partial charge in [-0.1, -0.05) is 18.2 Å². The fraction of sp³-hybridized carbons (Fsp3) is 0.412. The van der Waals surface area contributed by atoms with Crippen LogP contribution in [-0.4, -0.2) is 33.5 Å². The van der Waals surface area contributed by atoms with Gasteiger partial charge in [0.05, 0.1) is 0 Å². The Morgan fingerprint density at radius 3 is 2.62 bits per heavy atom. The van der Waals surface area contributed by atoms with Crippen molar-refractivity contribution in [2.45, 2.75) is 32.4 Å². The Morgan fingerprint density at radius 2 is 1.92 bits per heavy atom. The molecule has 2 heterocycles. The maximum Gasteiger partial charge on any atom is 0.319 e. The van der Waals surface area contributed by atoms with Gasteiger partial charge in [0.1, 0.15) is 12.4 Å². The van der Waals surface area contributed by atoms with Crippen molar-refractivity contribution in [3.8, 4) is 0 Å². The van der Waals surface area contributed by atoms with Crippen LogP contribution in [0.25, 0.3) is 0 Å². The molecule has 1 aromatic carbocycles. The number of hydrogen-bond donors (Lipinski definition) is 1. The Hall–Kier alpha value is -2.44. The molecule has 0 radical (unpaired) electrons. The van der Waals surface area contributed by atoms with E-state index in [-0.39, 0.29) is 12.4 Å². The van der Waals surface area contributed by atoms with Crippen molar-refractivity contribution in [3.63, 3.8) is 0 Å².